The van der Waals surface area contributed by atoms with Crippen LogP contribution in [0.1, 0.15) is 47.0 Å². The van der Waals surface area contributed by atoms with Crippen LogP contribution >= 0.6 is 0 Å². The summed E-state index contributed by atoms with van der Waals surface area (Å²) in [5.41, 5.74) is 1.29. The van der Waals surface area contributed by atoms with Crippen LogP contribution in [0.3, 0.4) is 0 Å². The van der Waals surface area contributed by atoms with E-state index in [-0.39, 0.29) is 11.1 Å². The quantitative estimate of drug-likeness (QED) is 0.518. The summed E-state index contributed by atoms with van der Waals surface area (Å²) in [7, 11) is -1.64. The van der Waals surface area contributed by atoms with Gasteiger partial charge in [-0.05, 0) is 44.3 Å². The molecule has 0 spiro atoms. The number of hydrogen-bond acceptors (Lipinski definition) is 2. The second-order valence-electron chi connectivity index (χ2n) is 6.84. The second kappa shape index (κ2) is 8.03. The maximum absolute atomic E-state index is 9.64. The average Bonchev–Trinajstić information content (AvgIpc) is 2.25. The van der Waals surface area contributed by atoms with Crippen molar-refractivity contribution in [3.05, 3.63) is 24.3 Å². The molecule has 0 aromatic rings. The van der Waals surface area contributed by atoms with Crippen molar-refractivity contribution in [2.45, 2.75) is 71.2 Å². The fourth-order valence-corrected chi connectivity index (χ4v) is 2.35. The molecule has 112 valence electrons. The molecule has 0 heterocycles. The Hall–Kier alpha value is -0.383. The van der Waals surface area contributed by atoms with Crippen molar-refractivity contribution in [2.75, 3.05) is 6.61 Å². The zero-order chi connectivity index (χ0) is 15.1. The molecular formula is C16H32O2Si. The van der Waals surface area contributed by atoms with Crippen molar-refractivity contribution < 1.29 is 9.53 Å². The second-order valence-corrected chi connectivity index (χ2v) is 11.6. The van der Waals surface area contributed by atoms with E-state index in [0.717, 1.165) is 12.8 Å². The van der Waals surface area contributed by atoms with Crippen LogP contribution in [0.15, 0.2) is 24.3 Å². The Morgan fingerprint density at radius 2 is 1.95 bits per heavy atom. The first-order valence-corrected chi connectivity index (χ1v) is 10.1. The predicted octanol–water partition coefficient (Wildman–Crippen LogP) is 4.67. The SMILES string of the molecule is C=CC[C@H](O)CC/C(C)=C/CO[Si](C)(C)C(C)(C)C. The minimum atomic E-state index is -1.64. The molecular weight excluding hydrogens is 252 g/mol. The molecule has 1 atom stereocenters. The number of aliphatic hydroxyl groups excluding tert-OH is 1. The molecule has 1 N–H and O–H groups in total. The minimum Gasteiger partial charge on any atom is -0.413 e. The van der Waals surface area contributed by atoms with Crippen molar-refractivity contribution in [1.82, 2.24) is 0 Å². The van der Waals surface area contributed by atoms with Crippen molar-refractivity contribution >= 4 is 8.32 Å². The summed E-state index contributed by atoms with van der Waals surface area (Å²) in [6.45, 7) is 17.7. The third kappa shape index (κ3) is 7.70. The molecule has 2 nitrogen and oxygen atoms in total. The monoisotopic (exact) mass is 284 g/mol. The number of allylic oxidation sites excluding steroid dienone is 1. The topological polar surface area (TPSA) is 29.5 Å². The van der Waals surface area contributed by atoms with Gasteiger partial charge in [-0.2, -0.15) is 0 Å². The maximum atomic E-state index is 9.64. The van der Waals surface area contributed by atoms with Crippen LogP contribution in [-0.2, 0) is 4.43 Å². The Bertz CT molecular complexity index is 300. The minimum absolute atomic E-state index is 0.259. The van der Waals surface area contributed by atoms with Gasteiger partial charge < -0.3 is 9.53 Å². The van der Waals surface area contributed by atoms with Gasteiger partial charge >= 0.3 is 0 Å². The van der Waals surface area contributed by atoms with E-state index in [1.165, 1.54) is 5.57 Å². The van der Waals surface area contributed by atoms with Crippen molar-refractivity contribution in [1.29, 1.82) is 0 Å². The Morgan fingerprint density at radius 3 is 2.42 bits per heavy atom. The third-order valence-electron chi connectivity index (χ3n) is 3.99. The average molecular weight is 285 g/mol. The Balaban J connectivity index is 4.10. The fourth-order valence-electron chi connectivity index (χ4n) is 1.42. The molecule has 0 saturated heterocycles. The third-order valence-corrected chi connectivity index (χ3v) is 8.49. The summed E-state index contributed by atoms with van der Waals surface area (Å²) >= 11 is 0. The van der Waals surface area contributed by atoms with Crippen LogP contribution < -0.4 is 0 Å². The Morgan fingerprint density at radius 1 is 1.37 bits per heavy atom. The summed E-state index contributed by atoms with van der Waals surface area (Å²) in [5, 5.41) is 9.90. The fraction of sp³-hybridized carbons (Fsp3) is 0.750. The van der Waals surface area contributed by atoms with Crippen molar-refractivity contribution in [2.24, 2.45) is 0 Å². The molecule has 0 rings (SSSR count). The van der Waals surface area contributed by atoms with Gasteiger partial charge in [0.15, 0.2) is 8.32 Å². The van der Waals surface area contributed by atoms with Gasteiger partial charge in [-0.25, -0.2) is 0 Å². The lowest BCUT2D eigenvalue weighted by Gasteiger charge is -2.35. The Labute approximate surface area is 120 Å². The molecule has 0 aromatic carbocycles. The van der Waals surface area contributed by atoms with E-state index in [1.54, 1.807) is 6.08 Å². The van der Waals surface area contributed by atoms with Crippen LogP contribution in [0.4, 0.5) is 0 Å². The molecule has 0 aliphatic carbocycles. The smallest absolute Gasteiger partial charge is 0.192 e. The number of rotatable bonds is 8. The van der Waals surface area contributed by atoms with Crippen LogP contribution in [0, 0.1) is 0 Å². The standard InChI is InChI=1S/C16H32O2Si/c1-8-9-15(17)11-10-14(2)12-13-18-19(6,7)16(3,4)5/h8,12,15,17H,1,9-11,13H2,2-7H3/b14-12+/t15-/m0/s1. The van der Waals surface area contributed by atoms with E-state index >= 15 is 0 Å². The molecule has 3 heteroatoms. The van der Waals surface area contributed by atoms with Crippen LogP contribution in [-0.4, -0.2) is 26.1 Å². The first-order valence-electron chi connectivity index (χ1n) is 7.18. The van der Waals surface area contributed by atoms with Gasteiger partial charge in [-0.1, -0.05) is 38.5 Å². The molecule has 19 heavy (non-hydrogen) atoms. The van der Waals surface area contributed by atoms with Crippen molar-refractivity contribution in [3.8, 4) is 0 Å². The molecule has 0 fully saturated rings. The zero-order valence-electron chi connectivity index (χ0n) is 13.6. The molecule has 0 bridgehead atoms. The van der Waals surface area contributed by atoms with Gasteiger partial charge in [0, 0.05) is 0 Å². The Kier molecular flexibility index (Phi) is 7.87. The molecule has 0 aromatic heterocycles. The molecule has 0 saturated carbocycles. The molecule has 0 radical (unpaired) electrons. The van der Waals surface area contributed by atoms with Gasteiger partial charge in [0.25, 0.3) is 0 Å². The molecule has 0 aliphatic rings. The largest absolute Gasteiger partial charge is 0.413 e. The van der Waals surface area contributed by atoms with E-state index < -0.39 is 8.32 Å². The first-order chi connectivity index (χ1) is 8.60. The highest BCUT2D eigenvalue weighted by atomic mass is 28.4. The summed E-state index contributed by atoms with van der Waals surface area (Å²) in [5.74, 6) is 0. The van der Waals surface area contributed by atoms with E-state index in [0.29, 0.717) is 13.0 Å². The molecule has 0 unspecified atom stereocenters. The predicted molar refractivity (Wildman–Crippen MR) is 87.0 cm³/mol. The molecule has 0 aliphatic heterocycles. The zero-order valence-corrected chi connectivity index (χ0v) is 14.6. The summed E-state index contributed by atoms with van der Waals surface area (Å²) in [4.78, 5) is 0. The van der Waals surface area contributed by atoms with Gasteiger partial charge in [-0.3, -0.25) is 0 Å². The van der Waals surface area contributed by atoms with Crippen molar-refractivity contribution in [3.63, 3.8) is 0 Å². The molecule has 0 amide bonds. The lowest BCUT2D eigenvalue weighted by atomic mass is 10.1. The van der Waals surface area contributed by atoms with E-state index in [2.05, 4.69) is 53.4 Å². The van der Waals surface area contributed by atoms with E-state index in [9.17, 15) is 5.11 Å². The highest BCUT2D eigenvalue weighted by Crippen LogP contribution is 2.36. The lowest BCUT2D eigenvalue weighted by molar-refractivity contribution is 0.168. The van der Waals surface area contributed by atoms with Gasteiger partial charge in [-0.15, -0.1) is 6.58 Å². The normalized spacial score (nSPS) is 15.4. The van der Waals surface area contributed by atoms with E-state index in [4.69, 9.17) is 4.43 Å². The summed E-state index contributed by atoms with van der Waals surface area (Å²) in [6, 6.07) is 0. The summed E-state index contributed by atoms with van der Waals surface area (Å²) in [6.07, 6.45) is 6.06. The van der Waals surface area contributed by atoms with Gasteiger partial charge in [0.1, 0.15) is 0 Å². The number of hydrogen-bond donors (Lipinski definition) is 1. The highest BCUT2D eigenvalue weighted by Gasteiger charge is 2.36. The highest BCUT2D eigenvalue weighted by molar-refractivity contribution is 6.74. The lowest BCUT2D eigenvalue weighted by Crippen LogP contribution is -2.40. The van der Waals surface area contributed by atoms with Crippen LogP contribution in [0.25, 0.3) is 0 Å². The van der Waals surface area contributed by atoms with Gasteiger partial charge in [0.05, 0.1) is 12.7 Å². The maximum Gasteiger partial charge on any atom is 0.192 e. The van der Waals surface area contributed by atoms with Gasteiger partial charge in [0.2, 0.25) is 0 Å². The summed E-state index contributed by atoms with van der Waals surface area (Å²) < 4.78 is 6.10. The van der Waals surface area contributed by atoms with Crippen LogP contribution in [0.2, 0.25) is 18.1 Å². The van der Waals surface area contributed by atoms with Crippen LogP contribution in [0.5, 0.6) is 0 Å². The first kappa shape index (κ1) is 18.6. The van der Waals surface area contributed by atoms with E-state index in [1.807, 2.05) is 0 Å². The number of aliphatic hydroxyl groups is 1.